The van der Waals surface area contributed by atoms with Gasteiger partial charge >= 0.3 is 0 Å². The summed E-state index contributed by atoms with van der Waals surface area (Å²) >= 11 is 15.8. The van der Waals surface area contributed by atoms with Crippen molar-refractivity contribution in [2.75, 3.05) is 18.9 Å². The Kier molecular flexibility index (Phi) is 6.83. The van der Waals surface area contributed by atoms with Gasteiger partial charge in [0.1, 0.15) is 5.75 Å². The van der Waals surface area contributed by atoms with E-state index in [1.165, 1.54) is 0 Å². The molecule has 0 unspecified atom stereocenters. The lowest BCUT2D eigenvalue weighted by Crippen LogP contribution is -2.28. The molecule has 1 aromatic carbocycles. The van der Waals surface area contributed by atoms with Gasteiger partial charge < -0.3 is 4.74 Å². The maximum absolute atomic E-state index is 6.15. The molecule has 0 aliphatic rings. The van der Waals surface area contributed by atoms with E-state index in [0.717, 1.165) is 35.0 Å². The Balaban J connectivity index is 3.02. The van der Waals surface area contributed by atoms with Gasteiger partial charge in [-0.2, -0.15) is 0 Å². The van der Waals surface area contributed by atoms with Crippen LogP contribution in [0, 0.1) is 5.41 Å². The number of hydrogen-bond acceptors (Lipinski definition) is 1. The summed E-state index contributed by atoms with van der Waals surface area (Å²) in [5.74, 6) is 2.04. The molecule has 0 aliphatic carbocycles. The second kappa shape index (κ2) is 7.62. The molecule has 0 spiro atoms. The molecule has 0 atom stereocenters. The standard InChI is InChI=1S/C14H19BrCl2O/c1-3-6-14(9-16,10-17)8-11-7-12(15)4-5-13(11)18-2/h4-5,7H,3,6,8-10H2,1-2H3. The van der Waals surface area contributed by atoms with Crippen LogP contribution in [-0.4, -0.2) is 18.9 Å². The van der Waals surface area contributed by atoms with E-state index in [9.17, 15) is 0 Å². The quantitative estimate of drug-likeness (QED) is 0.607. The summed E-state index contributed by atoms with van der Waals surface area (Å²) in [5, 5.41) is 0. The van der Waals surface area contributed by atoms with Crippen molar-refractivity contribution in [2.24, 2.45) is 5.41 Å². The number of rotatable bonds is 7. The fraction of sp³-hybridized carbons (Fsp3) is 0.571. The molecule has 0 heterocycles. The molecule has 0 amide bonds. The Hall–Kier alpha value is 0.0800. The highest BCUT2D eigenvalue weighted by atomic mass is 79.9. The lowest BCUT2D eigenvalue weighted by Gasteiger charge is -2.30. The highest BCUT2D eigenvalue weighted by molar-refractivity contribution is 9.10. The summed E-state index contributed by atoms with van der Waals surface area (Å²) in [6.07, 6.45) is 2.95. The highest BCUT2D eigenvalue weighted by Gasteiger charge is 2.29. The Bertz CT molecular complexity index is 378. The van der Waals surface area contributed by atoms with E-state index in [2.05, 4.69) is 28.9 Å². The van der Waals surface area contributed by atoms with Crippen molar-refractivity contribution in [3.05, 3.63) is 28.2 Å². The van der Waals surface area contributed by atoms with Gasteiger partial charge in [-0.3, -0.25) is 0 Å². The number of halogens is 3. The Morgan fingerprint density at radius 3 is 2.44 bits per heavy atom. The second-order valence-electron chi connectivity index (χ2n) is 4.65. The van der Waals surface area contributed by atoms with Crippen molar-refractivity contribution in [3.8, 4) is 5.75 Å². The smallest absolute Gasteiger partial charge is 0.122 e. The van der Waals surface area contributed by atoms with Crippen LogP contribution < -0.4 is 4.74 Å². The Morgan fingerprint density at radius 2 is 1.94 bits per heavy atom. The van der Waals surface area contributed by atoms with Gasteiger partial charge in [-0.15, -0.1) is 23.2 Å². The van der Waals surface area contributed by atoms with Gasteiger partial charge in [0, 0.05) is 21.6 Å². The third kappa shape index (κ3) is 4.04. The van der Waals surface area contributed by atoms with E-state index in [4.69, 9.17) is 27.9 Å². The third-order valence-electron chi connectivity index (χ3n) is 3.16. The van der Waals surface area contributed by atoms with Gasteiger partial charge in [-0.05, 0) is 36.6 Å². The molecule has 0 saturated carbocycles. The molecule has 1 aromatic rings. The molecule has 0 saturated heterocycles. The SMILES string of the molecule is CCCC(CCl)(CCl)Cc1cc(Br)ccc1OC. The fourth-order valence-corrected chi connectivity index (χ4v) is 3.32. The number of ether oxygens (including phenoxy) is 1. The Labute approximate surface area is 128 Å². The van der Waals surface area contributed by atoms with E-state index in [-0.39, 0.29) is 5.41 Å². The van der Waals surface area contributed by atoms with E-state index in [1.54, 1.807) is 7.11 Å². The normalized spacial score (nSPS) is 11.6. The van der Waals surface area contributed by atoms with Crippen LogP contribution in [0.1, 0.15) is 25.3 Å². The van der Waals surface area contributed by atoms with Crippen LogP contribution >= 0.6 is 39.1 Å². The van der Waals surface area contributed by atoms with Gasteiger partial charge in [0.2, 0.25) is 0 Å². The number of benzene rings is 1. The van der Waals surface area contributed by atoms with Crippen LogP contribution in [0.5, 0.6) is 5.75 Å². The molecule has 0 fully saturated rings. The summed E-state index contributed by atoms with van der Waals surface area (Å²) in [4.78, 5) is 0. The predicted octanol–water partition coefficient (Wildman–Crippen LogP) is 5.26. The van der Waals surface area contributed by atoms with Crippen LogP contribution in [0.3, 0.4) is 0 Å². The molecular formula is C14H19BrCl2O. The average Bonchev–Trinajstić information content (AvgIpc) is 2.38. The van der Waals surface area contributed by atoms with Crippen molar-refractivity contribution < 1.29 is 4.74 Å². The summed E-state index contributed by atoms with van der Waals surface area (Å²) < 4.78 is 6.46. The molecule has 1 nitrogen and oxygen atoms in total. The summed E-state index contributed by atoms with van der Waals surface area (Å²) in [7, 11) is 1.69. The topological polar surface area (TPSA) is 9.23 Å². The molecule has 0 N–H and O–H groups in total. The zero-order valence-corrected chi connectivity index (χ0v) is 13.9. The number of alkyl halides is 2. The molecule has 0 bridgehead atoms. The third-order valence-corrected chi connectivity index (χ3v) is 4.78. The number of hydrogen-bond donors (Lipinski definition) is 0. The zero-order chi connectivity index (χ0) is 13.6. The van der Waals surface area contributed by atoms with Crippen LogP contribution in [0.4, 0.5) is 0 Å². The van der Waals surface area contributed by atoms with Gasteiger partial charge in [0.25, 0.3) is 0 Å². The highest BCUT2D eigenvalue weighted by Crippen LogP contribution is 2.35. The molecule has 0 aromatic heterocycles. The maximum Gasteiger partial charge on any atom is 0.122 e. The van der Waals surface area contributed by atoms with Crippen molar-refractivity contribution in [2.45, 2.75) is 26.2 Å². The minimum absolute atomic E-state index is 0.0497. The molecule has 102 valence electrons. The van der Waals surface area contributed by atoms with Crippen LogP contribution in [0.2, 0.25) is 0 Å². The molecule has 18 heavy (non-hydrogen) atoms. The summed E-state index contributed by atoms with van der Waals surface area (Å²) in [6, 6.07) is 6.03. The van der Waals surface area contributed by atoms with Crippen molar-refractivity contribution >= 4 is 39.1 Å². The van der Waals surface area contributed by atoms with Gasteiger partial charge in [0.15, 0.2) is 0 Å². The minimum atomic E-state index is -0.0497. The van der Waals surface area contributed by atoms with Crippen molar-refractivity contribution in [1.82, 2.24) is 0 Å². The minimum Gasteiger partial charge on any atom is -0.496 e. The van der Waals surface area contributed by atoms with Crippen molar-refractivity contribution in [3.63, 3.8) is 0 Å². The lowest BCUT2D eigenvalue weighted by atomic mass is 9.81. The maximum atomic E-state index is 6.15. The van der Waals surface area contributed by atoms with E-state index >= 15 is 0 Å². The molecule has 0 radical (unpaired) electrons. The second-order valence-corrected chi connectivity index (χ2v) is 6.10. The number of methoxy groups -OCH3 is 1. The first kappa shape index (κ1) is 16.1. The molecule has 0 aliphatic heterocycles. The van der Waals surface area contributed by atoms with Gasteiger partial charge in [-0.25, -0.2) is 0 Å². The predicted molar refractivity (Wildman–Crippen MR) is 83.2 cm³/mol. The zero-order valence-electron chi connectivity index (χ0n) is 10.8. The van der Waals surface area contributed by atoms with Crippen molar-refractivity contribution in [1.29, 1.82) is 0 Å². The van der Waals surface area contributed by atoms with E-state index < -0.39 is 0 Å². The first-order chi connectivity index (χ1) is 8.60. The monoisotopic (exact) mass is 352 g/mol. The van der Waals surface area contributed by atoms with Gasteiger partial charge in [-0.1, -0.05) is 29.3 Å². The molecule has 1 rings (SSSR count). The van der Waals surface area contributed by atoms with E-state index in [1.807, 2.05) is 12.1 Å². The largest absolute Gasteiger partial charge is 0.496 e. The molecular weight excluding hydrogens is 335 g/mol. The first-order valence-electron chi connectivity index (χ1n) is 6.05. The summed E-state index contributed by atoms with van der Waals surface area (Å²) in [6.45, 7) is 2.16. The Morgan fingerprint density at radius 1 is 1.28 bits per heavy atom. The van der Waals surface area contributed by atoms with E-state index in [0.29, 0.717) is 11.8 Å². The lowest BCUT2D eigenvalue weighted by molar-refractivity contribution is 0.331. The van der Waals surface area contributed by atoms with Crippen LogP contribution in [0.25, 0.3) is 0 Å². The average molecular weight is 354 g/mol. The van der Waals surface area contributed by atoms with Crippen LogP contribution in [-0.2, 0) is 6.42 Å². The summed E-state index contributed by atoms with van der Waals surface area (Å²) in [5.41, 5.74) is 1.10. The fourth-order valence-electron chi connectivity index (χ4n) is 2.17. The van der Waals surface area contributed by atoms with Crippen LogP contribution in [0.15, 0.2) is 22.7 Å². The van der Waals surface area contributed by atoms with Gasteiger partial charge in [0.05, 0.1) is 7.11 Å². The first-order valence-corrected chi connectivity index (χ1v) is 7.91. The molecule has 4 heteroatoms.